The van der Waals surface area contributed by atoms with Crippen LogP contribution in [0.25, 0.3) is 5.69 Å². The Morgan fingerprint density at radius 1 is 1.13 bits per heavy atom. The molecule has 3 rings (SSSR count). The number of benzene rings is 1. The number of nitrogens with one attached hydrogen (secondary N) is 1. The number of aliphatic hydroxyl groups excluding tert-OH is 1. The number of anilines is 1. The van der Waals surface area contributed by atoms with E-state index in [-0.39, 0.29) is 17.3 Å². The molecule has 0 amide bonds. The topological polar surface area (TPSA) is 101 Å². The number of fused-ring (bicyclic) bond motifs is 1. The maximum absolute atomic E-state index is 12.9. The SMILES string of the molecule is Cc1ccc(S(=O)(=O)Nc2nc(=O)n3c(C)c(C)sc(SCCCCCO)c2-3)cc1. The van der Waals surface area contributed by atoms with Crippen molar-refractivity contribution in [3.63, 3.8) is 0 Å². The van der Waals surface area contributed by atoms with Crippen molar-refractivity contribution in [2.45, 2.75) is 49.1 Å². The van der Waals surface area contributed by atoms with Gasteiger partial charge in [0.25, 0.3) is 10.0 Å². The number of thioether (sulfide) groups is 1. The lowest BCUT2D eigenvalue weighted by atomic mass is 10.2. The Morgan fingerprint density at radius 2 is 1.83 bits per heavy atom. The molecule has 1 aromatic rings. The fraction of sp³-hybridized carbons (Fsp3) is 0.400. The van der Waals surface area contributed by atoms with E-state index in [1.54, 1.807) is 23.9 Å². The van der Waals surface area contributed by atoms with Crippen molar-refractivity contribution in [2.24, 2.45) is 0 Å². The van der Waals surface area contributed by atoms with E-state index in [1.807, 2.05) is 20.8 Å². The Bertz CT molecular complexity index is 1150. The summed E-state index contributed by atoms with van der Waals surface area (Å²) in [5, 5.41) is 8.93. The molecular formula is C20H25N3O4S3. The normalized spacial score (nSPS) is 11.9. The van der Waals surface area contributed by atoms with Gasteiger partial charge in [-0.05, 0) is 51.5 Å². The molecule has 30 heavy (non-hydrogen) atoms. The molecule has 2 aliphatic heterocycles. The van der Waals surface area contributed by atoms with Crippen LogP contribution in [0, 0.1) is 20.8 Å². The van der Waals surface area contributed by atoms with Crippen LogP contribution in [0.15, 0.2) is 38.2 Å². The first kappa shape index (κ1) is 22.8. The fourth-order valence-corrected chi connectivity index (χ4v) is 6.48. The van der Waals surface area contributed by atoms with E-state index >= 15 is 0 Å². The lowest BCUT2D eigenvalue weighted by molar-refractivity contribution is 0.284. The fourth-order valence-electron chi connectivity index (χ4n) is 2.95. The van der Waals surface area contributed by atoms with Crippen molar-refractivity contribution < 1.29 is 13.5 Å². The molecule has 0 atom stereocenters. The summed E-state index contributed by atoms with van der Waals surface area (Å²) in [6.07, 6.45) is 2.58. The molecule has 2 heterocycles. The summed E-state index contributed by atoms with van der Waals surface area (Å²) in [6.45, 7) is 5.82. The molecule has 7 nitrogen and oxygen atoms in total. The molecule has 0 bridgehead atoms. The number of rotatable bonds is 9. The minimum Gasteiger partial charge on any atom is -0.396 e. The summed E-state index contributed by atoms with van der Waals surface area (Å²) in [5.41, 5.74) is 1.70. The number of aryl methyl sites for hydroxylation is 2. The summed E-state index contributed by atoms with van der Waals surface area (Å²) in [7, 11) is -3.88. The molecule has 0 saturated carbocycles. The summed E-state index contributed by atoms with van der Waals surface area (Å²) >= 11 is 3.10. The molecule has 0 radical (unpaired) electrons. The molecule has 0 aliphatic carbocycles. The van der Waals surface area contributed by atoms with Gasteiger partial charge in [0.2, 0.25) is 0 Å². The second-order valence-electron chi connectivity index (χ2n) is 7.01. The molecule has 2 N–H and O–H groups in total. The van der Waals surface area contributed by atoms with Crippen LogP contribution in [-0.4, -0.2) is 35.4 Å². The van der Waals surface area contributed by atoms with Crippen LogP contribution in [0.5, 0.6) is 0 Å². The van der Waals surface area contributed by atoms with E-state index in [1.165, 1.54) is 28.0 Å². The average molecular weight is 468 g/mol. The van der Waals surface area contributed by atoms with Gasteiger partial charge in [0.1, 0.15) is 5.69 Å². The van der Waals surface area contributed by atoms with E-state index in [9.17, 15) is 13.2 Å². The molecule has 0 saturated heterocycles. The summed E-state index contributed by atoms with van der Waals surface area (Å²) < 4.78 is 30.6. The zero-order chi connectivity index (χ0) is 21.9. The maximum atomic E-state index is 12.9. The number of sulfonamides is 1. The number of aliphatic hydroxyl groups is 1. The Morgan fingerprint density at radius 3 is 2.50 bits per heavy atom. The number of aromatic nitrogens is 2. The maximum Gasteiger partial charge on any atom is 0.354 e. The van der Waals surface area contributed by atoms with E-state index in [4.69, 9.17) is 5.11 Å². The Labute approximate surface area is 184 Å². The first-order valence-corrected chi connectivity index (χ1v) is 12.9. The Balaban J connectivity index is 1.98. The van der Waals surface area contributed by atoms with Crippen LogP contribution in [0.2, 0.25) is 0 Å². The van der Waals surface area contributed by atoms with Gasteiger partial charge in [-0.3, -0.25) is 9.29 Å². The number of hydrogen-bond acceptors (Lipinski definition) is 7. The minimum absolute atomic E-state index is 0.0535. The molecule has 2 aliphatic rings. The van der Waals surface area contributed by atoms with Gasteiger partial charge in [0.15, 0.2) is 5.82 Å². The van der Waals surface area contributed by atoms with Crippen LogP contribution < -0.4 is 10.4 Å². The number of imidazole rings is 1. The third-order valence-electron chi connectivity index (χ3n) is 4.73. The molecule has 10 heteroatoms. The summed E-state index contributed by atoms with van der Waals surface area (Å²) in [4.78, 5) is 17.7. The van der Waals surface area contributed by atoms with Crippen molar-refractivity contribution in [1.29, 1.82) is 0 Å². The lowest BCUT2D eigenvalue weighted by Gasteiger charge is -2.16. The van der Waals surface area contributed by atoms with E-state index in [0.717, 1.165) is 45.4 Å². The van der Waals surface area contributed by atoms with Crippen LogP contribution in [0.3, 0.4) is 0 Å². The highest BCUT2D eigenvalue weighted by Crippen LogP contribution is 2.38. The van der Waals surface area contributed by atoms with E-state index in [2.05, 4.69) is 9.71 Å². The standard InChI is InChI=1S/C20H25N3O4S3/c1-13-7-9-16(10-8-13)30(26,27)22-18-17-19(28-12-6-4-5-11-24)29-15(3)14(2)23(17)20(25)21-18/h7-10,24H,4-6,11-12H2,1-3H3,(H,21,22,25). The third kappa shape index (κ3) is 4.88. The van der Waals surface area contributed by atoms with Gasteiger partial charge in [0, 0.05) is 17.2 Å². The van der Waals surface area contributed by atoms with Gasteiger partial charge in [0.05, 0.1) is 9.10 Å². The highest BCUT2D eigenvalue weighted by Gasteiger charge is 2.26. The summed E-state index contributed by atoms with van der Waals surface area (Å²) in [5.74, 6) is 0.857. The van der Waals surface area contributed by atoms with E-state index < -0.39 is 15.7 Å². The Kier molecular flexibility index (Phi) is 7.22. The van der Waals surface area contributed by atoms with Crippen molar-refractivity contribution >= 4 is 38.9 Å². The third-order valence-corrected chi connectivity index (χ3v) is 8.62. The molecule has 0 spiro atoms. The molecule has 0 aromatic heterocycles. The predicted molar refractivity (Wildman–Crippen MR) is 122 cm³/mol. The monoisotopic (exact) mass is 467 g/mol. The van der Waals surface area contributed by atoms with Crippen LogP contribution in [0.1, 0.15) is 35.4 Å². The van der Waals surface area contributed by atoms with Crippen molar-refractivity contribution in [1.82, 2.24) is 9.55 Å². The molecule has 0 fully saturated rings. The van der Waals surface area contributed by atoms with Crippen molar-refractivity contribution in [2.75, 3.05) is 17.1 Å². The number of nitrogens with zero attached hydrogens (tertiary/aromatic N) is 2. The van der Waals surface area contributed by atoms with Gasteiger partial charge in [-0.15, -0.1) is 23.1 Å². The number of hydrogen-bond donors (Lipinski definition) is 2. The zero-order valence-corrected chi connectivity index (χ0v) is 19.6. The summed E-state index contributed by atoms with van der Waals surface area (Å²) in [6, 6.07) is 6.51. The lowest BCUT2D eigenvalue weighted by Crippen LogP contribution is -2.17. The van der Waals surface area contributed by atoms with Gasteiger partial charge >= 0.3 is 5.69 Å². The molecule has 1 aromatic carbocycles. The van der Waals surface area contributed by atoms with Gasteiger partial charge < -0.3 is 5.11 Å². The molecule has 0 unspecified atom stereocenters. The van der Waals surface area contributed by atoms with Gasteiger partial charge in [-0.1, -0.05) is 24.1 Å². The van der Waals surface area contributed by atoms with Crippen molar-refractivity contribution in [3.05, 3.63) is 50.9 Å². The quantitative estimate of drug-likeness (QED) is 0.367. The predicted octanol–water partition coefficient (Wildman–Crippen LogP) is 3.71. The molecular weight excluding hydrogens is 442 g/mol. The highest BCUT2D eigenvalue weighted by atomic mass is 32.2. The largest absolute Gasteiger partial charge is 0.396 e. The van der Waals surface area contributed by atoms with Gasteiger partial charge in [-0.2, -0.15) is 4.98 Å². The molecule has 162 valence electrons. The average Bonchev–Trinajstić information content (AvgIpc) is 3.01. The van der Waals surface area contributed by atoms with Crippen LogP contribution in [-0.2, 0) is 10.0 Å². The minimum atomic E-state index is -3.88. The second-order valence-corrected chi connectivity index (χ2v) is 11.3. The second kappa shape index (κ2) is 9.51. The van der Waals surface area contributed by atoms with Crippen molar-refractivity contribution in [3.8, 4) is 5.69 Å². The van der Waals surface area contributed by atoms with Crippen LogP contribution >= 0.6 is 23.1 Å². The first-order valence-electron chi connectivity index (χ1n) is 9.60. The number of unbranched alkanes of at least 4 members (excludes halogenated alkanes) is 2. The van der Waals surface area contributed by atoms with Crippen LogP contribution in [0.4, 0.5) is 5.82 Å². The Hall–Kier alpha value is -1.88. The van der Waals surface area contributed by atoms with Gasteiger partial charge in [-0.25, -0.2) is 13.2 Å². The highest BCUT2D eigenvalue weighted by molar-refractivity contribution is 8.01. The first-order chi connectivity index (χ1) is 14.2. The van der Waals surface area contributed by atoms with E-state index in [0.29, 0.717) is 5.69 Å². The smallest absolute Gasteiger partial charge is 0.354 e. The zero-order valence-electron chi connectivity index (χ0n) is 17.1.